The van der Waals surface area contributed by atoms with Gasteiger partial charge in [-0.05, 0) is 78.1 Å². The first-order chi connectivity index (χ1) is 13.9. The van der Waals surface area contributed by atoms with Crippen LogP contribution in [-0.4, -0.2) is 51.4 Å². The molecule has 6 heteroatoms. The van der Waals surface area contributed by atoms with Gasteiger partial charge in [0.1, 0.15) is 36.3 Å². The summed E-state index contributed by atoms with van der Waals surface area (Å²) in [5.41, 5.74) is 6.40. The predicted octanol–water partition coefficient (Wildman–Crippen LogP) is 1.73. The van der Waals surface area contributed by atoms with E-state index in [0.29, 0.717) is 6.42 Å². The molecule has 0 aromatic heterocycles. The van der Waals surface area contributed by atoms with Crippen molar-refractivity contribution >= 4 is 0 Å². The Balaban J connectivity index is 1.75. The van der Waals surface area contributed by atoms with Gasteiger partial charge < -0.3 is 25.2 Å². The number of hydrogen-bond acceptors (Lipinski definition) is 5. The molecule has 1 aliphatic carbocycles. The monoisotopic (exact) mass is 402 g/mol. The van der Waals surface area contributed by atoms with Gasteiger partial charge in [0.15, 0.2) is 0 Å². The summed E-state index contributed by atoms with van der Waals surface area (Å²) < 4.78 is 19.1. The van der Waals surface area contributed by atoms with E-state index < -0.39 is 37.1 Å². The van der Waals surface area contributed by atoms with Crippen LogP contribution in [0.4, 0.5) is 4.39 Å². The highest BCUT2D eigenvalue weighted by molar-refractivity contribution is 5.50. The molecule has 0 bridgehead atoms. The van der Waals surface area contributed by atoms with Crippen molar-refractivity contribution in [2.45, 2.75) is 63.1 Å². The fourth-order valence-electron chi connectivity index (χ4n) is 4.70. The number of ether oxygens (including phenoxy) is 1. The lowest BCUT2D eigenvalue weighted by atomic mass is 9.84. The zero-order chi connectivity index (χ0) is 20.7. The van der Waals surface area contributed by atoms with E-state index in [9.17, 15) is 24.8 Å². The van der Waals surface area contributed by atoms with Gasteiger partial charge in [-0.1, -0.05) is 18.2 Å². The molecule has 29 heavy (non-hydrogen) atoms. The van der Waals surface area contributed by atoms with Crippen molar-refractivity contribution in [3.05, 3.63) is 69.5 Å². The predicted molar refractivity (Wildman–Crippen MR) is 105 cm³/mol. The van der Waals surface area contributed by atoms with Crippen LogP contribution >= 0.6 is 0 Å². The molecule has 0 unspecified atom stereocenters. The molecule has 4 N–H and O–H groups in total. The second-order valence-electron chi connectivity index (χ2n) is 8.11. The molecule has 5 nitrogen and oxygen atoms in total. The summed E-state index contributed by atoms with van der Waals surface area (Å²) in [6.45, 7) is 1.54. The molecule has 1 heterocycles. The van der Waals surface area contributed by atoms with E-state index in [1.165, 1.54) is 23.3 Å². The molecule has 4 rings (SSSR count). The number of hydrogen-bond donors (Lipinski definition) is 4. The van der Waals surface area contributed by atoms with Crippen LogP contribution < -0.4 is 0 Å². The van der Waals surface area contributed by atoms with Gasteiger partial charge in [-0.2, -0.15) is 0 Å². The first kappa shape index (κ1) is 20.4. The van der Waals surface area contributed by atoms with Crippen molar-refractivity contribution in [1.82, 2.24) is 0 Å². The maximum atomic E-state index is 13.3. The number of halogens is 1. The number of fused-ring (bicyclic) bond motifs is 1. The van der Waals surface area contributed by atoms with Gasteiger partial charge in [-0.3, -0.25) is 0 Å². The molecule has 1 fully saturated rings. The van der Waals surface area contributed by atoms with Gasteiger partial charge in [0, 0.05) is 0 Å². The third-order valence-corrected chi connectivity index (χ3v) is 6.33. The van der Waals surface area contributed by atoms with E-state index in [-0.39, 0.29) is 5.82 Å². The van der Waals surface area contributed by atoms with Crippen molar-refractivity contribution in [2.24, 2.45) is 0 Å². The molecule has 1 aliphatic heterocycles. The van der Waals surface area contributed by atoms with Crippen molar-refractivity contribution in [3.63, 3.8) is 0 Å². The highest BCUT2D eigenvalue weighted by atomic mass is 19.1. The summed E-state index contributed by atoms with van der Waals surface area (Å²) in [7, 11) is 0. The van der Waals surface area contributed by atoms with Crippen LogP contribution in [0.15, 0.2) is 30.3 Å². The molecule has 5 atom stereocenters. The van der Waals surface area contributed by atoms with E-state index in [1.807, 2.05) is 13.0 Å². The summed E-state index contributed by atoms with van der Waals surface area (Å²) in [6, 6.07) is 8.42. The third kappa shape index (κ3) is 3.71. The maximum Gasteiger partial charge on any atom is 0.123 e. The summed E-state index contributed by atoms with van der Waals surface area (Å²) in [6.07, 6.45) is -2.28. The SMILES string of the molecule is Cc1c([C@@H]2O[C@H](CO)[C@H](O)[C@H](O)[C@@H]2O)cc(Cc2ccc(F)cc2)c2c1CCC2. The summed E-state index contributed by atoms with van der Waals surface area (Å²) in [4.78, 5) is 0. The smallest absolute Gasteiger partial charge is 0.123 e. The molecule has 156 valence electrons. The molecule has 2 aromatic carbocycles. The fraction of sp³-hybridized carbons (Fsp3) is 0.478. The lowest BCUT2D eigenvalue weighted by Gasteiger charge is -2.41. The topological polar surface area (TPSA) is 90.2 Å². The minimum atomic E-state index is -1.40. The minimum absolute atomic E-state index is 0.273. The van der Waals surface area contributed by atoms with Gasteiger partial charge in [0.2, 0.25) is 0 Å². The van der Waals surface area contributed by atoms with Crippen LogP contribution in [0.25, 0.3) is 0 Å². The highest BCUT2D eigenvalue weighted by Crippen LogP contribution is 2.39. The van der Waals surface area contributed by atoms with Crippen LogP contribution in [0.3, 0.4) is 0 Å². The van der Waals surface area contributed by atoms with Crippen LogP contribution in [0.2, 0.25) is 0 Å². The van der Waals surface area contributed by atoms with Crippen molar-refractivity contribution in [1.29, 1.82) is 0 Å². The van der Waals surface area contributed by atoms with Gasteiger partial charge in [0.05, 0.1) is 6.61 Å². The maximum absolute atomic E-state index is 13.3. The Morgan fingerprint density at radius 1 is 1.00 bits per heavy atom. The van der Waals surface area contributed by atoms with Gasteiger partial charge in [-0.25, -0.2) is 4.39 Å². The highest BCUT2D eigenvalue weighted by Gasteiger charge is 2.44. The Labute approximate surface area is 169 Å². The van der Waals surface area contributed by atoms with E-state index in [4.69, 9.17) is 4.74 Å². The standard InChI is InChI=1S/C23H27FO5/c1-12-16-3-2-4-17(16)14(9-13-5-7-15(24)8-6-13)10-18(12)23-22(28)21(27)20(26)19(11-25)29-23/h5-8,10,19-23,25-28H,2-4,9,11H2,1H3/t19-,20+,21+,22+,23+/m1/s1. The van der Waals surface area contributed by atoms with Crippen molar-refractivity contribution in [3.8, 4) is 0 Å². The van der Waals surface area contributed by atoms with E-state index >= 15 is 0 Å². The first-order valence-electron chi connectivity index (χ1n) is 10.1. The average molecular weight is 402 g/mol. The quantitative estimate of drug-likeness (QED) is 0.625. The number of aliphatic hydroxyl groups is 4. The summed E-state index contributed by atoms with van der Waals surface area (Å²) in [5, 5.41) is 40.4. The molecular formula is C23H27FO5. The third-order valence-electron chi connectivity index (χ3n) is 6.33. The first-order valence-corrected chi connectivity index (χ1v) is 10.1. The van der Waals surface area contributed by atoms with E-state index in [0.717, 1.165) is 41.5 Å². The van der Waals surface area contributed by atoms with E-state index in [2.05, 4.69) is 0 Å². The molecule has 1 saturated heterocycles. The summed E-state index contributed by atoms with van der Waals surface area (Å²) >= 11 is 0. The van der Waals surface area contributed by atoms with Crippen molar-refractivity contribution in [2.75, 3.05) is 6.61 Å². The van der Waals surface area contributed by atoms with Gasteiger partial charge in [-0.15, -0.1) is 0 Å². The largest absolute Gasteiger partial charge is 0.394 e. The Morgan fingerprint density at radius 3 is 2.38 bits per heavy atom. The normalized spacial score (nSPS) is 29.1. The van der Waals surface area contributed by atoms with Crippen molar-refractivity contribution < 1.29 is 29.6 Å². The lowest BCUT2D eigenvalue weighted by Crippen LogP contribution is -2.55. The second kappa shape index (κ2) is 8.13. The zero-order valence-corrected chi connectivity index (χ0v) is 16.4. The van der Waals surface area contributed by atoms with Gasteiger partial charge >= 0.3 is 0 Å². The van der Waals surface area contributed by atoms with Gasteiger partial charge in [0.25, 0.3) is 0 Å². The second-order valence-corrected chi connectivity index (χ2v) is 8.11. The molecule has 0 spiro atoms. The number of aliphatic hydroxyl groups excluding tert-OH is 4. The molecule has 0 saturated carbocycles. The molecule has 0 radical (unpaired) electrons. The Kier molecular flexibility index (Phi) is 5.73. The average Bonchev–Trinajstić information content (AvgIpc) is 3.21. The van der Waals surface area contributed by atoms with Crippen LogP contribution in [0, 0.1) is 12.7 Å². The zero-order valence-electron chi connectivity index (χ0n) is 16.4. The number of benzene rings is 2. The fourth-order valence-corrected chi connectivity index (χ4v) is 4.70. The molecule has 2 aliphatic rings. The van der Waals surface area contributed by atoms with Crippen LogP contribution in [0.5, 0.6) is 0 Å². The Bertz CT molecular complexity index is 880. The molecular weight excluding hydrogens is 375 g/mol. The van der Waals surface area contributed by atoms with Crippen LogP contribution in [0.1, 0.15) is 45.9 Å². The Hall–Kier alpha value is -1.83. The number of rotatable bonds is 4. The molecule has 2 aromatic rings. The summed E-state index contributed by atoms with van der Waals surface area (Å²) in [5.74, 6) is -0.273. The van der Waals surface area contributed by atoms with E-state index in [1.54, 1.807) is 12.1 Å². The lowest BCUT2D eigenvalue weighted by molar-refractivity contribution is -0.231. The molecule has 0 amide bonds. The Morgan fingerprint density at radius 2 is 1.69 bits per heavy atom. The van der Waals surface area contributed by atoms with Crippen LogP contribution in [-0.2, 0) is 24.0 Å². The minimum Gasteiger partial charge on any atom is -0.394 e.